The molecule has 0 radical (unpaired) electrons. The smallest absolute Gasteiger partial charge is 0.337 e. The van der Waals surface area contributed by atoms with Gasteiger partial charge in [0.25, 0.3) is 0 Å². The molecule has 0 unspecified atom stereocenters. The van der Waals surface area contributed by atoms with Gasteiger partial charge in [-0.15, -0.1) is 0 Å². The molecule has 13 heavy (non-hydrogen) atoms. The highest BCUT2D eigenvalue weighted by Crippen LogP contribution is 2.11. The van der Waals surface area contributed by atoms with Crippen molar-refractivity contribution in [2.75, 3.05) is 0 Å². The Bertz CT molecular complexity index is 475. The number of carboxylic acids is 1. The van der Waals surface area contributed by atoms with Gasteiger partial charge < -0.3 is 14.6 Å². The maximum absolute atomic E-state index is 10.6. The minimum absolute atomic E-state index is 0.123. The van der Waals surface area contributed by atoms with Gasteiger partial charge in [0.2, 0.25) is 5.88 Å². The summed E-state index contributed by atoms with van der Waals surface area (Å²) in [4.78, 5) is 14.3. The summed E-state index contributed by atoms with van der Waals surface area (Å²) in [7, 11) is 0. The van der Waals surface area contributed by atoms with Gasteiger partial charge in [0.05, 0.1) is 11.8 Å². The predicted octanol–water partition coefficient (Wildman–Crippen LogP) is 0.738. The fraction of sp³-hybridized carbons (Fsp3) is 0. The highest BCUT2D eigenvalue weighted by atomic mass is 16.4. The van der Waals surface area contributed by atoms with Gasteiger partial charge in [-0.1, -0.05) is 0 Å². The number of aromatic carboxylic acids is 1. The van der Waals surface area contributed by atoms with Crippen LogP contribution in [0.25, 0.3) is 5.65 Å². The van der Waals surface area contributed by atoms with E-state index in [-0.39, 0.29) is 11.4 Å². The lowest BCUT2D eigenvalue weighted by Crippen LogP contribution is -1.97. The Labute approximate surface area is 72.9 Å². The van der Waals surface area contributed by atoms with Crippen molar-refractivity contribution >= 4 is 11.6 Å². The number of hydrogen-bond donors (Lipinski definition) is 2. The van der Waals surface area contributed by atoms with Gasteiger partial charge in [-0.25, -0.2) is 4.79 Å². The zero-order valence-electron chi connectivity index (χ0n) is 6.51. The molecule has 0 aliphatic carbocycles. The molecule has 2 heterocycles. The van der Waals surface area contributed by atoms with Crippen molar-refractivity contribution in [3.63, 3.8) is 0 Å². The molecule has 0 amide bonds. The molecule has 2 rings (SSSR count). The van der Waals surface area contributed by atoms with Gasteiger partial charge in [-0.2, -0.15) is 4.98 Å². The van der Waals surface area contributed by atoms with E-state index < -0.39 is 5.97 Å². The Morgan fingerprint density at radius 2 is 2.15 bits per heavy atom. The molecule has 0 saturated carbocycles. The first-order valence-corrected chi connectivity index (χ1v) is 3.58. The average molecular weight is 178 g/mol. The molecular weight excluding hydrogens is 172 g/mol. The number of carbonyl (C=O) groups is 1. The third kappa shape index (κ3) is 1.20. The van der Waals surface area contributed by atoms with Crippen LogP contribution in [0.5, 0.6) is 5.88 Å². The number of carboxylic acid groups (broad SMARTS) is 1. The molecule has 2 N–H and O–H groups in total. The quantitative estimate of drug-likeness (QED) is 0.675. The first-order chi connectivity index (χ1) is 6.16. The largest absolute Gasteiger partial charge is 0.492 e. The third-order valence-corrected chi connectivity index (χ3v) is 1.69. The maximum atomic E-state index is 10.6. The monoisotopic (exact) mass is 178 g/mol. The second-order valence-electron chi connectivity index (χ2n) is 2.59. The van der Waals surface area contributed by atoms with Gasteiger partial charge >= 0.3 is 5.97 Å². The van der Waals surface area contributed by atoms with Crippen LogP contribution in [0.1, 0.15) is 10.4 Å². The van der Waals surface area contributed by atoms with Crippen LogP contribution in [-0.2, 0) is 0 Å². The van der Waals surface area contributed by atoms with E-state index in [1.165, 1.54) is 28.9 Å². The van der Waals surface area contributed by atoms with Crippen LogP contribution in [0.2, 0.25) is 0 Å². The van der Waals surface area contributed by atoms with E-state index in [0.717, 1.165) is 0 Å². The highest BCUT2D eigenvalue weighted by Gasteiger charge is 2.04. The van der Waals surface area contributed by atoms with Crippen molar-refractivity contribution in [1.29, 1.82) is 0 Å². The molecule has 5 nitrogen and oxygen atoms in total. The van der Waals surface area contributed by atoms with Gasteiger partial charge in [-0.05, 0) is 12.1 Å². The summed E-state index contributed by atoms with van der Waals surface area (Å²) < 4.78 is 1.46. The summed E-state index contributed by atoms with van der Waals surface area (Å²) >= 11 is 0. The number of nitrogens with zero attached hydrogens (tertiary/aromatic N) is 2. The summed E-state index contributed by atoms with van der Waals surface area (Å²) in [6.07, 6.45) is 2.74. The van der Waals surface area contributed by atoms with Crippen LogP contribution in [-0.4, -0.2) is 25.6 Å². The summed E-state index contributed by atoms with van der Waals surface area (Å²) in [5.41, 5.74) is 0.674. The molecule has 66 valence electrons. The number of pyridine rings is 1. The fourth-order valence-electron chi connectivity index (χ4n) is 1.10. The molecule has 0 aromatic carbocycles. The number of fused-ring (bicyclic) bond motifs is 1. The summed E-state index contributed by atoms with van der Waals surface area (Å²) in [6, 6.07) is 2.97. The van der Waals surface area contributed by atoms with Crippen molar-refractivity contribution in [2.24, 2.45) is 0 Å². The Balaban J connectivity index is 2.67. The number of imidazole rings is 1. The number of rotatable bonds is 1. The molecule has 2 aromatic rings. The SMILES string of the molecule is O=C(O)c1ccc2nc(O)cn2c1. The highest BCUT2D eigenvalue weighted by molar-refractivity contribution is 5.87. The van der Waals surface area contributed by atoms with Gasteiger partial charge in [0, 0.05) is 6.20 Å². The standard InChI is InChI=1S/C8H6N2O3/c11-7-4-10-3-5(8(12)13)1-2-6(10)9-7/h1-4,11H,(H,12,13). The van der Waals surface area contributed by atoms with Crippen LogP contribution in [0.15, 0.2) is 24.5 Å². The van der Waals surface area contributed by atoms with E-state index in [0.29, 0.717) is 5.65 Å². The van der Waals surface area contributed by atoms with Crippen molar-refractivity contribution in [2.45, 2.75) is 0 Å². The van der Waals surface area contributed by atoms with Crippen molar-refractivity contribution in [1.82, 2.24) is 9.38 Å². The fourth-order valence-corrected chi connectivity index (χ4v) is 1.10. The van der Waals surface area contributed by atoms with Crippen LogP contribution < -0.4 is 0 Å². The normalized spacial score (nSPS) is 10.5. The first kappa shape index (κ1) is 7.60. The van der Waals surface area contributed by atoms with Crippen LogP contribution in [0, 0.1) is 0 Å². The Kier molecular flexibility index (Phi) is 1.45. The summed E-state index contributed by atoms with van der Waals surface area (Å²) in [5, 5.41) is 17.7. The summed E-state index contributed by atoms with van der Waals surface area (Å²) in [5.74, 6) is -1.13. The molecule has 0 bridgehead atoms. The van der Waals surface area contributed by atoms with E-state index in [1.807, 2.05) is 0 Å². The van der Waals surface area contributed by atoms with Gasteiger partial charge in [0.1, 0.15) is 5.65 Å². The number of aromatic nitrogens is 2. The number of aromatic hydroxyl groups is 1. The molecule has 5 heteroatoms. The summed E-state index contributed by atoms with van der Waals surface area (Å²) in [6.45, 7) is 0. The second kappa shape index (κ2) is 2.48. The Morgan fingerprint density at radius 1 is 1.38 bits per heavy atom. The van der Waals surface area contributed by atoms with E-state index in [9.17, 15) is 4.79 Å². The molecule has 2 aromatic heterocycles. The van der Waals surface area contributed by atoms with Crippen LogP contribution in [0.4, 0.5) is 0 Å². The Morgan fingerprint density at radius 3 is 2.85 bits per heavy atom. The van der Waals surface area contributed by atoms with E-state index in [2.05, 4.69) is 4.98 Å². The molecule has 0 atom stereocenters. The first-order valence-electron chi connectivity index (χ1n) is 3.58. The number of hydrogen-bond acceptors (Lipinski definition) is 3. The second-order valence-corrected chi connectivity index (χ2v) is 2.59. The lowest BCUT2D eigenvalue weighted by atomic mass is 10.3. The molecule has 0 aliphatic rings. The average Bonchev–Trinajstić information content (AvgIpc) is 2.42. The Hall–Kier alpha value is -2.04. The van der Waals surface area contributed by atoms with Crippen LogP contribution in [0.3, 0.4) is 0 Å². The van der Waals surface area contributed by atoms with Gasteiger partial charge in [0.15, 0.2) is 0 Å². The zero-order valence-corrected chi connectivity index (χ0v) is 6.51. The molecule has 0 spiro atoms. The minimum Gasteiger partial charge on any atom is -0.492 e. The lowest BCUT2D eigenvalue weighted by molar-refractivity contribution is 0.0696. The topological polar surface area (TPSA) is 74.8 Å². The molecule has 0 saturated heterocycles. The zero-order chi connectivity index (χ0) is 9.42. The van der Waals surface area contributed by atoms with Gasteiger partial charge in [-0.3, -0.25) is 0 Å². The molecule has 0 fully saturated rings. The van der Waals surface area contributed by atoms with Crippen LogP contribution >= 0.6 is 0 Å². The predicted molar refractivity (Wildman–Crippen MR) is 43.8 cm³/mol. The maximum Gasteiger partial charge on any atom is 0.337 e. The minimum atomic E-state index is -1.00. The third-order valence-electron chi connectivity index (χ3n) is 1.69. The molecule has 0 aliphatic heterocycles. The molecular formula is C8H6N2O3. The lowest BCUT2D eigenvalue weighted by Gasteiger charge is -1.94. The van der Waals surface area contributed by atoms with E-state index in [4.69, 9.17) is 10.2 Å². The van der Waals surface area contributed by atoms with E-state index in [1.54, 1.807) is 0 Å². The van der Waals surface area contributed by atoms with Crippen molar-refractivity contribution in [3.05, 3.63) is 30.1 Å². The van der Waals surface area contributed by atoms with E-state index >= 15 is 0 Å². The van der Waals surface area contributed by atoms with Crippen molar-refractivity contribution in [3.8, 4) is 5.88 Å². The van der Waals surface area contributed by atoms with Crippen molar-refractivity contribution < 1.29 is 15.0 Å².